The Hall–Kier alpha value is -3.80. The second kappa shape index (κ2) is 10.9. The van der Waals surface area contributed by atoms with Crippen molar-refractivity contribution >= 4 is 23.3 Å². The lowest BCUT2D eigenvalue weighted by Gasteiger charge is -2.29. The van der Waals surface area contributed by atoms with E-state index in [2.05, 4.69) is 40.3 Å². The molecule has 0 spiro atoms. The zero-order chi connectivity index (χ0) is 23.8. The van der Waals surface area contributed by atoms with Crippen LogP contribution in [0.1, 0.15) is 49.8 Å². The minimum atomic E-state index is -0.889. The van der Waals surface area contributed by atoms with Gasteiger partial charge in [-0.05, 0) is 55.2 Å². The van der Waals surface area contributed by atoms with Crippen LogP contribution in [0.25, 0.3) is 0 Å². The second-order valence-corrected chi connectivity index (χ2v) is 8.89. The summed E-state index contributed by atoms with van der Waals surface area (Å²) in [7, 11) is 0. The van der Waals surface area contributed by atoms with E-state index in [4.69, 9.17) is 0 Å². The summed E-state index contributed by atoms with van der Waals surface area (Å²) < 4.78 is 0. The van der Waals surface area contributed by atoms with Crippen LogP contribution >= 0.6 is 0 Å². The summed E-state index contributed by atoms with van der Waals surface area (Å²) >= 11 is 0. The van der Waals surface area contributed by atoms with E-state index < -0.39 is 5.54 Å². The van der Waals surface area contributed by atoms with Crippen molar-refractivity contribution in [2.24, 2.45) is 0 Å². The Morgan fingerprint density at radius 3 is 2.06 bits per heavy atom. The largest absolute Gasteiger partial charge is 0.379 e. The van der Waals surface area contributed by atoms with Crippen LogP contribution in [0.3, 0.4) is 0 Å². The molecular formula is C28H32N4O2. The standard InChI is InChI=1S/C28H32N4O2/c1-21(23-12-6-3-7-13-23)30-24-14-16-25(17-15-24)31-26(33)28(18-8-9-19-28)32-27(34)29-20-22-10-4-2-5-11-22/h2-7,10-17,21,30H,8-9,18-20H2,1H3,(H,31,33)(H2,29,32,34). The number of nitrogens with one attached hydrogen (secondary N) is 4. The normalized spacial score (nSPS) is 15.2. The van der Waals surface area contributed by atoms with Crippen molar-refractivity contribution in [3.05, 3.63) is 96.1 Å². The highest BCUT2D eigenvalue weighted by atomic mass is 16.2. The van der Waals surface area contributed by atoms with E-state index in [1.807, 2.05) is 72.8 Å². The first-order valence-electron chi connectivity index (χ1n) is 11.9. The Kier molecular flexibility index (Phi) is 7.48. The third kappa shape index (κ3) is 5.95. The van der Waals surface area contributed by atoms with Gasteiger partial charge >= 0.3 is 6.03 Å². The van der Waals surface area contributed by atoms with Gasteiger partial charge in [-0.3, -0.25) is 4.79 Å². The SMILES string of the molecule is CC(Nc1ccc(NC(=O)C2(NC(=O)NCc3ccccc3)CCCC2)cc1)c1ccccc1. The molecule has 0 bridgehead atoms. The number of amides is 3. The maximum atomic E-state index is 13.2. The number of carbonyl (C=O) groups excluding carboxylic acids is 2. The summed E-state index contributed by atoms with van der Waals surface area (Å²) in [4.78, 5) is 25.8. The van der Waals surface area contributed by atoms with Crippen molar-refractivity contribution in [1.82, 2.24) is 10.6 Å². The third-order valence-electron chi connectivity index (χ3n) is 6.37. The Labute approximate surface area is 201 Å². The van der Waals surface area contributed by atoms with E-state index >= 15 is 0 Å². The molecule has 1 aliphatic carbocycles. The molecule has 1 fully saturated rings. The van der Waals surface area contributed by atoms with E-state index in [0.717, 1.165) is 24.1 Å². The molecule has 4 rings (SSSR count). The predicted octanol–water partition coefficient (Wildman–Crippen LogP) is 5.61. The molecule has 34 heavy (non-hydrogen) atoms. The Balaban J connectivity index is 1.34. The molecule has 1 saturated carbocycles. The number of benzene rings is 3. The van der Waals surface area contributed by atoms with Gasteiger partial charge in [0.05, 0.1) is 0 Å². The fraction of sp³-hybridized carbons (Fsp3) is 0.286. The molecule has 1 unspecified atom stereocenters. The molecule has 3 amide bonds. The molecule has 3 aromatic carbocycles. The zero-order valence-corrected chi connectivity index (χ0v) is 19.5. The highest BCUT2D eigenvalue weighted by Gasteiger charge is 2.42. The highest BCUT2D eigenvalue weighted by Crippen LogP contribution is 2.31. The van der Waals surface area contributed by atoms with Crippen LogP contribution in [0.5, 0.6) is 0 Å². The van der Waals surface area contributed by atoms with E-state index in [0.29, 0.717) is 25.1 Å². The fourth-order valence-electron chi connectivity index (χ4n) is 4.40. The van der Waals surface area contributed by atoms with Gasteiger partial charge in [0.15, 0.2) is 0 Å². The summed E-state index contributed by atoms with van der Waals surface area (Å²) in [5.74, 6) is -0.168. The summed E-state index contributed by atoms with van der Waals surface area (Å²) in [5, 5.41) is 12.3. The van der Waals surface area contributed by atoms with Crippen molar-refractivity contribution in [2.75, 3.05) is 10.6 Å². The molecule has 3 aromatic rings. The fourth-order valence-corrected chi connectivity index (χ4v) is 4.40. The molecule has 1 atom stereocenters. The molecule has 6 nitrogen and oxygen atoms in total. The molecule has 0 heterocycles. The molecule has 0 aromatic heterocycles. The van der Waals surface area contributed by atoms with E-state index in [1.54, 1.807) is 0 Å². The first-order valence-corrected chi connectivity index (χ1v) is 11.9. The van der Waals surface area contributed by atoms with Crippen molar-refractivity contribution < 1.29 is 9.59 Å². The number of urea groups is 1. The Bertz CT molecular complexity index is 1080. The summed E-state index contributed by atoms with van der Waals surface area (Å²) in [5.41, 5.74) is 3.01. The van der Waals surface area contributed by atoms with Gasteiger partial charge in [0, 0.05) is 24.0 Å². The third-order valence-corrected chi connectivity index (χ3v) is 6.37. The molecule has 0 saturated heterocycles. The zero-order valence-electron chi connectivity index (χ0n) is 19.5. The maximum Gasteiger partial charge on any atom is 0.315 e. The molecule has 4 N–H and O–H groups in total. The van der Waals surface area contributed by atoms with Gasteiger partial charge in [-0.2, -0.15) is 0 Å². The summed E-state index contributed by atoms with van der Waals surface area (Å²) in [6.45, 7) is 2.53. The van der Waals surface area contributed by atoms with Gasteiger partial charge in [0.1, 0.15) is 5.54 Å². The van der Waals surface area contributed by atoms with Crippen LogP contribution in [0.4, 0.5) is 16.2 Å². The predicted molar refractivity (Wildman–Crippen MR) is 137 cm³/mol. The van der Waals surface area contributed by atoms with Crippen LogP contribution in [0.15, 0.2) is 84.9 Å². The molecule has 1 aliphatic rings. The number of anilines is 2. The number of rotatable bonds is 8. The lowest BCUT2D eigenvalue weighted by molar-refractivity contribution is -0.121. The van der Waals surface area contributed by atoms with Gasteiger partial charge in [0.25, 0.3) is 0 Å². The molecule has 0 radical (unpaired) electrons. The van der Waals surface area contributed by atoms with Gasteiger partial charge < -0.3 is 21.3 Å². The maximum absolute atomic E-state index is 13.2. The second-order valence-electron chi connectivity index (χ2n) is 8.89. The first-order chi connectivity index (χ1) is 16.5. The Morgan fingerprint density at radius 2 is 1.41 bits per heavy atom. The lowest BCUT2D eigenvalue weighted by atomic mass is 9.96. The highest BCUT2D eigenvalue weighted by molar-refractivity contribution is 6.00. The van der Waals surface area contributed by atoms with Gasteiger partial charge in [-0.15, -0.1) is 0 Å². The van der Waals surface area contributed by atoms with Gasteiger partial charge in [0.2, 0.25) is 5.91 Å². The number of hydrogen-bond acceptors (Lipinski definition) is 3. The van der Waals surface area contributed by atoms with Crippen LogP contribution in [-0.2, 0) is 11.3 Å². The lowest BCUT2D eigenvalue weighted by Crippen LogP contribution is -2.57. The van der Waals surface area contributed by atoms with Crippen molar-refractivity contribution in [2.45, 2.75) is 50.7 Å². The topological polar surface area (TPSA) is 82.3 Å². The minimum Gasteiger partial charge on any atom is -0.379 e. The summed E-state index contributed by atoms with van der Waals surface area (Å²) in [6, 6.07) is 27.5. The van der Waals surface area contributed by atoms with Crippen molar-refractivity contribution in [3.63, 3.8) is 0 Å². The summed E-state index contributed by atoms with van der Waals surface area (Å²) in [6.07, 6.45) is 3.08. The Morgan fingerprint density at radius 1 is 0.824 bits per heavy atom. The smallest absolute Gasteiger partial charge is 0.315 e. The number of carbonyl (C=O) groups is 2. The molecule has 176 valence electrons. The number of hydrogen-bond donors (Lipinski definition) is 4. The monoisotopic (exact) mass is 456 g/mol. The molecule has 0 aliphatic heterocycles. The average Bonchev–Trinajstić information content (AvgIpc) is 3.35. The minimum absolute atomic E-state index is 0.168. The molecule has 6 heteroatoms. The van der Waals surface area contributed by atoms with Gasteiger partial charge in [-0.25, -0.2) is 4.79 Å². The van der Waals surface area contributed by atoms with Crippen LogP contribution < -0.4 is 21.3 Å². The van der Waals surface area contributed by atoms with Crippen LogP contribution in [0.2, 0.25) is 0 Å². The van der Waals surface area contributed by atoms with Crippen LogP contribution in [-0.4, -0.2) is 17.5 Å². The van der Waals surface area contributed by atoms with E-state index in [-0.39, 0.29) is 18.0 Å². The van der Waals surface area contributed by atoms with Crippen molar-refractivity contribution in [3.8, 4) is 0 Å². The van der Waals surface area contributed by atoms with E-state index in [1.165, 1.54) is 5.56 Å². The quantitative estimate of drug-likeness (QED) is 0.356. The molecular weight excluding hydrogens is 424 g/mol. The average molecular weight is 457 g/mol. The van der Waals surface area contributed by atoms with Gasteiger partial charge in [-0.1, -0.05) is 73.5 Å². The van der Waals surface area contributed by atoms with Crippen LogP contribution in [0, 0.1) is 0 Å². The van der Waals surface area contributed by atoms with E-state index in [9.17, 15) is 9.59 Å². The first kappa shape index (κ1) is 23.4. The van der Waals surface area contributed by atoms with Crippen molar-refractivity contribution in [1.29, 1.82) is 0 Å².